The van der Waals surface area contributed by atoms with Crippen molar-refractivity contribution in [1.29, 1.82) is 0 Å². The molecule has 0 aliphatic heterocycles. The van der Waals surface area contributed by atoms with E-state index >= 15 is 0 Å². The summed E-state index contributed by atoms with van der Waals surface area (Å²) in [4.78, 5) is 12.2. The lowest BCUT2D eigenvalue weighted by molar-refractivity contribution is -0.137. The zero-order valence-corrected chi connectivity index (χ0v) is 17.9. The molecule has 2 heteroatoms. The molecule has 0 N–H and O–H groups in total. The summed E-state index contributed by atoms with van der Waals surface area (Å²) in [7, 11) is 0. The average molecular weight is 409 g/mol. The van der Waals surface area contributed by atoms with E-state index in [-0.39, 0.29) is 5.97 Å². The third-order valence-corrected chi connectivity index (χ3v) is 4.83. The normalized spacial score (nSPS) is 12.2. The number of benzene rings is 3. The van der Waals surface area contributed by atoms with Crippen LogP contribution in [0.2, 0.25) is 0 Å². The zero-order chi connectivity index (χ0) is 21.7. The number of allylic oxidation sites excluding steroid dienone is 4. The molecule has 0 aromatic heterocycles. The van der Waals surface area contributed by atoms with Gasteiger partial charge in [0.25, 0.3) is 0 Å². The first-order valence-corrected chi connectivity index (χ1v) is 10.7. The average Bonchev–Trinajstić information content (AvgIpc) is 2.83. The van der Waals surface area contributed by atoms with E-state index in [9.17, 15) is 4.79 Å². The van der Waals surface area contributed by atoms with Crippen LogP contribution < -0.4 is 0 Å². The molecule has 0 aliphatic carbocycles. The molecule has 0 saturated heterocycles. The molecule has 0 saturated carbocycles. The first-order valence-electron chi connectivity index (χ1n) is 10.7. The van der Waals surface area contributed by atoms with Crippen LogP contribution in [-0.4, -0.2) is 12.6 Å². The Morgan fingerprint density at radius 3 is 1.77 bits per heavy atom. The van der Waals surface area contributed by atoms with Crippen LogP contribution in [0.25, 0.3) is 17.2 Å². The second kappa shape index (κ2) is 12.1. The highest BCUT2D eigenvalue weighted by Gasteiger charge is 2.08. The van der Waals surface area contributed by atoms with Gasteiger partial charge in [0.15, 0.2) is 0 Å². The maximum absolute atomic E-state index is 12.2. The van der Waals surface area contributed by atoms with Crippen LogP contribution in [0.3, 0.4) is 0 Å². The molecule has 0 bridgehead atoms. The molecule has 0 amide bonds. The van der Waals surface area contributed by atoms with Gasteiger partial charge in [-0.2, -0.15) is 0 Å². The summed E-state index contributed by atoms with van der Waals surface area (Å²) in [6, 6.07) is 30.5. The summed E-state index contributed by atoms with van der Waals surface area (Å²) in [6.45, 7) is 2.52. The minimum absolute atomic E-state index is 0.318. The van der Waals surface area contributed by atoms with Crippen LogP contribution in [0.5, 0.6) is 0 Å². The number of carbonyl (C=O) groups excluding carboxylic acids is 1. The Morgan fingerprint density at radius 2 is 1.23 bits per heavy atom. The SMILES string of the molecule is CCCCOC(=O)/C=C/C(=C(/C=C/c1ccccc1)c1ccccc1)c1ccccc1. The summed E-state index contributed by atoms with van der Waals surface area (Å²) >= 11 is 0. The van der Waals surface area contributed by atoms with Crippen molar-refractivity contribution in [1.82, 2.24) is 0 Å². The number of ether oxygens (including phenoxy) is 1. The number of carbonyl (C=O) groups is 1. The largest absolute Gasteiger partial charge is 0.463 e. The molecule has 0 radical (unpaired) electrons. The summed E-state index contributed by atoms with van der Waals surface area (Å²) in [5.41, 5.74) is 5.24. The predicted octanol–water partition coefficient (Wildman–Crippen LogP) is 7.21. The molecule has 0 aliphatic rings. The molecule has 0 spiro atoms. The highest BCUT2D eigenvalue weighted by atomic mass is 16.5. The van der Waals surface area contributed by atoms with Crippen LogP contribution in [0.1, 0.15) is 36.5 Å². The van der Waals surface area contributed by atoms with Crippen molar-refractivity contribution in [3.05, 3.63) is 126 Å². The Labute approximate surface area is 185 Å². The van der Waals surface area contributed by atoms with Crippen molar-refractivity contribution in [2.75, 3.05) is 6.61 Å². The van der Waals surface area contributed by atoms with Gasteiger partial charge in [0.2, 0.25) is 0 Å². The second-order valence-electron chi connectivity index (χ2n) is 7.16. The minimum atomic E-state index is -0.318. The summed E-state index contributed by atoms with van der Waals surface area (Å²) in [5, 5.41) is 0. The van der Waals surface area contributed by atoms with E-state index < -0.39 is 0 Å². The van der Waals surface area contributed by atoms with Crippen LogP contribution in [0, 0.1) is 0 Å². The van der Waals surface area contributed by atoms with E-state index in [0.29, 0.717) is 6.61 Å². The molecule has 3 aromatic carbocycles. The lowest BCUT2D eigenvalue weighted by Gasteiger charge is -2.11. The van der Waals surface area contributed by atoms with E-state index in [4.69, 9.17) is 4.74 Å². The van der Waals surface area contributed by atoms with Crippen molar-refractivity contribution >= 4 is 23.2 Å². The van der Waals surface area contributed by atoms with Gasteiger partial charge < -0.3 is 4.74 Å². The van der Waals surface area contributed by atoms with Crippen molar-refractivity contribution in [3.63, 3.8) is 0 Å². The maximum atomic E-state index is 12.2. The van der Waals surface area contributed by atoms with Crippen molar-refractivity contribution in [2.24, 2.45) is 0 Å². The molecule has 0 heterocycles. The standard InChI is InChI=1S/C29H28O2/c1-2-3-23-31-29(30)22-21-28(26-17-11-6-12-18-26)27(25-15-9-5-10-16-25)20-19-24-13-7-4-8-14-24/h4-22H,2-3,23H2,1H3/b20-19+,22-21+,28-27+. The smallest absolute Gasteiger partial charge is 0.330 e. The number of unbranched alkanes of at least 4 members (excludes halogenated alkanes) is 1. The van der Waals surface area contributed by atoms with Crippen molar-refractivity contribution in [3.8, 4) is 0 Å². The molecule has 0 atom stereocenters. The molecule has 156 valence electrons. The van der Waals surface area contributed by atoms with Crippen LogP contribution in [0.4, 0.5) is 0 Å². The topological polar surface area (TPSA) is 26.3 Å². The molecular weight excluding hydrogens is 380 g/mol. The summed E-state index contributed by atoms with van der Waals surface area (Å²) in [5.74, 6) is -0.318. The number of esters is 1. The molecular formula is C29H28O2. The number of hydrogen-bond donors (Lipinski definition) is 0. The van der Waals surface area contributed by atoms with Gasteiger partial charge in [-0.25, -0.2) is 4.79 Å². The van der Waals surface area contributed by atoms with Crippen LogP contribution in [0.15, 0.2) is 109 Å². The van der Waals surface area contributed by atoms with Crippen LogP contribution in [-0.2, 0) is 9.53 Å². The van der Waals surface area contributed by atoms with Gasteiger partial charge in [0.1, 0.15) is 0 Å². The Kier molecular flexibility index (Phi) is 8.63. The fraction of sp³-hybridized carbons (Fsp3) is 0.138. The van der Waals surface area contributed by atoms with E-state index in [2.05, 4.69) is 55.5 Å². The molecule has 3 rings (SSSR count). The quantitative estimate of drug-likeness (QED) is 0.123. The third kappa shape index (κ3) is 6.97. The van der Waals surface area contributed by atoms with Crippen LogP contribution >= 0.6 is 0 Å². The fourth-order valence-electron chi connectivity index (χ4n) is 3.18. The summed E-state index contributed by atoms with van der Waals surface area (Å²) < 4.78 is 5.32. The second-order valence-corrected chi connectivity index (χ2v) is 7.16. The Hall–Kier alpha value is -3.65. The monoisotopic (exact) mass is 408 g/mol. The van der Waals surface area contributed by atoms with E-state index in [1.807, 2.05) is 60.7 Å². The predicted molar refractivity (Wildman–Crippen MR) is 130 cm³/mol. The third-order valence-electron chi connectivity index (χ3n) is 4.83. The highest BCUT2D eigenvalue weighted by Crippen LogP contribution is 2.29. The number of hydrogen-bond acceptors (Lipinski definition) is 2. The first-order chi connectivity index (χ1) is 15.3. The molecule has 3 aromatic rings. The van der Waals surface area contributed by atoms with E-state index in [0.717, 1.165) is 40.7 Å². The van der Waals surface area contributed by atoms with Gasteiger partial charge in [-0.3, -0.25) is 0 Å². The summed E-state index contributed by atoms with van der Waals surface area (Å²) in [6.07, 6.45) is 9.46. The molecule has 31 heavy (non-hydrogen) atoms. The minimum Gasteiger partial charge on any atom is -0.463 e. The van der Waals surface area contributed by atoms with Gasteiger partial charge in [0.05, 0.1) is 6.61 Å². The Morgan fingerprint density at radius 1 is 0.710 bits per heavy atom. The number of rotatable bonds is 9. The molecule has 0 unspecified atom stereocenters. The zero-order valence-electron chi connectivity index (χ0n) is 17.9. The van der Waals surface area contributed by atoms with E-state index in [1.165, 1.54) is 6.08 Å². The van der Waals surface area contributed by atoms with Gasteiger partial charge in [-0.1, -0.05) is 116 Å². The van der Waals surface area contributed by atoms with Gasteiger partial charge in [-0.15, -0.1) is 0 Å². The van der Waals surface area contributed by atoms with Crippen molar-refractivity contribution < 1.29 is 9.53 Å². The Bertz CT molecular complexity index is 1030. The van der Waals surface area contributed by atoms with Crippen molar-refractivity contribution in [2.45, 2.75) is 19.8 Å². The molecule has 0 fully saturated rings. The van der Waals surface area contributed by atoms with Gasteiger partial charge >= 0.3 is 5.97 Å². The maximum Gasteiger partial charge on any atom is 0.330 e. The van der Waals surface area contributed by atoms with Gasteiger partial charge in [0, 0.05) is 6.08 Å². The molecule has 2 nitrogen and oxygen atoms in total. The first kappa shape index (κ1) is 22.0. The van der Waals surface area contributed by atoms with Gasteiger partial charge in [-0.05, 0) is 40.3 Å². The fourth-order valence-corrected chi connectivity index (χ4v) is 3.18. The lowest BCUT2D eigenvalue weighted by Crippen LogP contribution is -2.02. The highest BCUT2D eigenvalue weighted by molar-refractivity contribution is 6.02. The van der Waals surface area contributed by atoms with E-state index in [1.54, 1.807) is 0 Å². The lowest BCUT2D eigenvalue weighted by atomic mass is 9.93. The Balaban J connectivity index is 2.06.